The van der Waals surface area contributed by atoms with Gasteiger partial charge in [-0.25, -0.2) is 8.78 Å². The molecule has 0 saturated heterocycles. The Hall–Kier alpha value is -1.27. The zero-order valence-corrected chi connectivity index (χ0v) is 9.32. The molecule has 0 N–H and O–H groups in total. The topological polar surface area (TPSA) is 0 Å². The number of hydrogen-bond acceptors (Lipinski definition) is 0. The van der Waals surface area contributed by atoms with Gasteiger partial charge >= 0.3 is 12.1 Å². The fraction of sp³-hybridized carbons (Fsp3) is 0.417. The van der Waals surface area contributed by atoms with Crippen molar-refractivity contribution in [2.75, 3.05) is 0 Å². The van der Waals surface area contributed by atoms with Gasteiger partial charge in [0.15, 0.2) is 0 Å². The van der Waals surface area contributed by atoms with Gasteiger partial charge in [0.05, 0.1) is 5.92 Å². The van der Waals surface area contributed by atoms with Crippen LogP contribution < -0.4 is 0 Å². The summed E-state index contributed by atoms with van der Waals surface area (Å²) in [6, 6.07) is 5.80. The molecule has 1 fully saturated rings. The van der Waals surface area contributed by atoms with Gasteiger partial charge in [-0.05, 0) is 5.56 Å². The summed E-state index contributed by atoms with van der Waals surface area (Å²) >= 11 is 0. The lowest BCUT2D eigenvalue weighted by Gasteiger charge is -2.28. The highest BCUT2D eigenvalue weighted by molar-refractivity contribution is 5.41. The summed E-state index contributed by atoms with van der Waals surface area (Å²) < 4.78 is 89.9. The summed E-state index contributed by atoms with van der Waals surface area (Å²) in [5.74, 6) is -12.4. The minimum absolute atomic E-state index is 0.507. The lowest BCUT2D eigenvalue weighted by Crippen LogP contribution is -2.44. The van der Waals surface area contributed by atoms with Gasteiger partial charge in [0.1, 0.15) is 0 Å². The maximum absolute atomic E-state index is 13.4. The van der Waals surface area contributed by atoms with Crippen LogP contribution in [0.3, 0.4) is 0 Å². The summed E-state index contributed by atoms with van der Waals surface area (Å²) in [6.45, 7) is 0. The lowest BCUT2D eigenvalue weighted by molar-refractivity contribution is -0.274. The van der Waals surface area contributed by atoms with Crippen LogP contribution in [0.4, 0.5) is 30.7 Å². The molecule has 0 amide bonds. The van der Waals surface area contributed by atoms with E-state index in [4.69, 9.17) is 0 Å². The SMILES string of the molecule is FC1(F)CC1[C](c1ccccc1)C(F)(F)C(F)(F)F. The van der Waals surface area contributed by atoms with E-state index in [1.54, 1.807) is 0 Å². The van der Waals surface area contributed by atoms with Crippen LogP contribution in [0.25, 0.3) is 0 Å². The maximum Gasteiger partial charge on any atom is 0.454 e. The third-order valence-corrected chi connectivity index (χ3v) is 2.95. The fourth-order valence-corrected chi connectivity index (χ4v) is 1.90. The molecule has 19 heavy (non-hydrogen) atoms. The molecule has 0 heterocycles. The van der Waals surface area contributed by atoms with Gasteiger partial charge < -0.3 is 0 Å². The maximum atomic E-state index is 13.4. The van der Waals surface area contributed by atoms with Crippen molar-refractivity contribution in [3.05, 3.63) is 41.8 Å². The third-order valence-electron chi connectivity index (χ3n) is 2.95. The first-order valence-corrected chi connectivity index (χ1v) is 5.32. The monoisotopic (exact) mass is 285 g/mol. The van der Waals surface area contributed by atoms with E-state index in [2.05, 4.69) is 0 Å². The predicted molar refractivity (Wildman–Crippen MR) is 52.8 cm³/mol. The zero-order valence-electron chi connectivity index (χ0n) is 9.32. The molecule has 0 aromatic heterocycles. The van der Waals surface area contributed by atoms with E-state index in [-0.39, 0.29) is 0 Å². The van der Waals surface area contributed by atoms with E-state index in [1.165, 1.54) is 18.2 Å². The van der Waals surface area contributed by atoms with Gasteiger partial charge in [-0.15, -0.1) is 0 Å². The first kappa shape index (κ1) is 14.1. The smallest absolute Gasteiger partial charge is 0.207 e. The van der Waals surface area contributed by atoms with Gasteiger partial charge in [0.2, 0.25) is 0 Å². The van der Waals surface area contributed by atoms with Crippen molar-refractivity contribution in [1.29, 1.82) is 0 Å². The highest BCUT2D eigenvalue weighted by Crippen LogP contribution is 2.62. The molecular formula is C12H8F7. The van der Waals surface area contributed by atoms with Crippen LogP contribution in [0.5, 0.6) is 0 Å². The zero-order chi connectivity index (χ0) is 14.5. The van der Waals surface area contributed by atoms with E-state index < -0.39 is 41.8 Å². The molecule has 1 radical (unpaired) electrons. The Labute approximate surface area is 104 Å². The lowest BCUT2D eigenvalue weighted by atomic mass is 9.87. The highest BCUT2D eigenvalue weighted by atomic mass is 19.4. The molecule has 1 aliphatic rings. The number of hydrogen-bond donors (Lipinski definition) is 0. The second kappa shape index (κ2) is 4.11. The summed E-state index contributed by atoms with van der Waals surface area (Å²) in [5.41, 5.74) is -0.507. The Morgan fingerprint density at radius 3 is 1.84 bits per heavy atom. The van der Waals surface area contributed by atoms with Crippen LogP contribution in [0.1, 0.15) is 12.0 Å². The summed E-state index contributed by atoms with van der Waals surface area (Å²) in [4.78, 5) is 0. The first-order valence-electron chi connectivity index (χ1n) is 5.32. The predicted octanol–water partition coefficient (Wildman–Crippen LogP) is 4.46. The van der Waals surface area contributed by atoms with Crippen molar-refractivity contribution in [1.82, 2.24) is 0 Å². The molecule has 1 unspecified atom stereocenters. The van der Waals surface area contributed by atoms with Gasteiger partial charge in [-0.1, -0.05) is 30.3 Å². The molecule has 0 aliphatic heterocycles. The van der Waals surface area contributed by atoms with Crippen molar-refractivity contribution < 1.29 is 30.7 Å². The molecule has 1 saturated carbocycles. The van der Waals surface area contributed by atoms with Crippen molar-refractivity contribution in [3.63, 3.8) is 0 Å². The normalized spacial score (nSPS) is 22.6. The number of halogens is 7. The molecule has 7 heteroatoms. The second-order valence-electron chi connectivity index (χ2n) is 4.37. The van der Waals surface area contributed by atoms with Gasteiger partial charge in [-0.2, -0.15) is 22.0 Å². The van der Waals surface area contributed by atoms with Crippen molar-refractivity contribution in [2.24, 2.45) is 5.92 Å². The molecule has 105 valence electrons. The van der Waals surface area contributed by atoms with E-state index >= 15 is 0 Å². The van der Waals surface area contributed by atoms with Crippen molar-refractivity contribution in [3.8, 4) is 0 Å². The molecule has 0 nitrogen and oxygen atoms in total. The average molecular weight is 285 g/mol. The average Bonchev–Trinajstić information content (AvgIpc) is 2.87. The third kappa shape index (κ3) is 2.42. The minimum Gasteiger partial charge on any atom is -0.207 e. The second-order valence-corrected chi connectivity index (χ2v) is 4.37. The molecule has 1 aromatic carbocycles. The van der Waals surface area contributed by atoms with Crippen LogP contribution in [0.15, 0.2) is 30.3 Å². The molecule has 2 rings (SSSR count). The Balaban J connectivity index is 2.42. The molecular weight excluding hydrogens is 277 g/mol. The fourth-order valence-electron chi connectivity index (χ4n) is 1.90. The number of benzene rings is 1. The highest BCUT2D eigenvalue weighted by Gasteiger charge is 2.73. The van der Waals surface area contributed by atoms with Crippen molar-refractivity contribution in [2.45, 2.75) is 24.4 Å². The summed E-state index contributed by atoms with van der Waals surface area (Å²) in [5, 5.41) is 0. The van der Waals surface area contributed by atoms with E-state index in [9.17, 15) is 30.7 Å². The van der Waals surface area contributed by atoms with Crippen LogP contribution in [0, 0.1) is 11.8 Å². The molecule has 0 spiro atoms. The Kier molecular flexibility index (Phi) is 3.06. The molecule has 0 bridgehead atoms. The standard InChI is InChI=1S/C12H8F7/c13-10(14)6-8(10)9(7-4-2-1-3-5-7)11(15,16)12(17,18)19/h1-5,8H,6H2. The quantitative estimate of drug-likeness (QED) is 0.719. The number of alkyl halides is 7. The van der Waals surface area contributed by atoms with E-state index in [0.717, 1.165) is 12.1 Å². The van der Waals surface area contributed by atoms with Crippen LogP contribution in [-0.4, -0.2) is 18.0 Å². The molecule has 1 atom stereocenters. The van der Waals surface area contributed by atoms with Gasteiger partial charge in [-0.3, -0.25) is 0 Å². The van der Waals surface area contributed by atoms with Crippen molar-refractivity contribution >= 4 is 0 Å². The first-order chi connectivity index (χ1) is 8.57. The Bertz CT molecular complexity index is 449. The molecule has 1 aromatic rings. The molecule has 1 aliphatic carbocycles. The van der Waals surface area contributed by atoms with Gasteiger partial charge in [0.25, 0.3) is 5.92 Å². The van der Waals surface area contributed by atoms with E-state index in [0.29, 0.717) is 0 Å². The largest absolute Gasteiger partial charge is 0.454 e. The summed E-state index contributed by atoms with van der Waals surface area (Å²) in [7, 11) is 0. The van der Waals surface area contributed by atoms with Gasteiger partial charge in [0, 0.05) is 12.3 Å². The Morgan fingerprint density at radius 2 is 1.47 bits per heavy atom. The Morgan fingerprint density at radius 1 is 1.00 bits per heavy atom. The number of rotatable bonds is 3. The summed E-state index contributed by atoms with van der Waals surface area (Å²) in [6.07, 6.45) is -6.88. The minimum atomic E-state index is -5.89. The van der Waals surface area contributed by atoms with E-state index in [1.807, 2.05) is 0 Å². The van der Waals surface area contributed by atoms with Crippen LogP contribution in [-0.2, 0) is 0 Å². The van der Waals surface area contributed by atoms with Crippen LogP contribution >= 0.6 is 0 Å². The van der Waals surface area contributed by atoms with Crippen LogP contribution in [0.2, 0.25) is 0 Å².